The molecule has 0 radical (unpaired) electrons. The van der Waals surface area contributed by atoms with Crippen LogP contribution in [0.4, 0.5) is 15.3 Å². The van der Waals surface area contributed by atoms with Crippen molar-refractivity contribution in [3.63, 3.8) is 0 Å². The minimum atomic E-state index is -0.798. The van der Waals surface area contributed by atoms with Gasteiger partial charge in [0.1, 0.15) is 18.5 Å². The van der Waals surface area contributed by atoms with Gasteiger partial charge >= 0.3 is 12.2 Å². The maximum absolute atomic E-state index is 12.7. The van der Waals surface area contributed by atoms with Crippen molar-refractivity contribution in [1.82, 2.24) is 10.6 Å². The number of rotatable bonds is 8. The third-order valence-electron chi connectivity index (χ3n) is 6.36. The SMILES string of the molecule is CC[C@@H](C)[C@@H](NC(=O)OCC1c2ccccc2-c2ccccc21)NC(=O)Oc1ccc([N+](=O)[O-])cc1. The molecule has 0 bridgehead atoms. The minimum absolute atomic E-state index is 0.0785. The third-order valence-corrected chi connectivity index (χ3v) is 6.36. The first-order chi connectivity index (χ1) is 17.4. The molecule has 0 saturated heterocycles. The molecular formula is C27H27N3O6. The zero-order valence-electron chi connectivity index (χ0n) is 20.0. The van der Waals surface area contributed by atoms with Crippen LogP contribution < -0.4 is 15.4 Å². The van der Waals surface area contributed by atoms with E-state index in [0.29, 0.717) is 6.42 Å². The number of hydrogen-bond donors (Lipinski definition) is 2. The van der Waals surface area contributed by atoms with Crippen LogP contribution in [0.1, 0.15) is 37.3 Å². The second kappa shape index (κ2) is 10.9. The topological polar surface area (TPSA) is 120 Å². The average Bonchev–Trinajstić information content (AvgIpc) is 3.20. The number of alkyl carbamates (subject to hydrolysis) is 1. The second-order valence-electron chi connectivity index (χ2n) is 8.62. The molecule has 2 N–H and O–H groups in total. The Kier molecular flexibility index (Phi) is 7.48. The Bertz CT molecular complexity index is 1210. The maximum Gasteiger partial charge on any atom is 0.414 e. The van der Waals surface area contributed by atoms with Gasteiger partial charge in [-0.2, -0.15) is 0 Å². The molecule has 36 heavy (non-hydrogen) atoms. The first-order valence-corrected chi connectivity index (χ1v) is 11.7. The molecule has 0 spiro atoms. The van der Waals surface area contributed by atoms with Crippen molar-refractivity contribution in [3.8, 4) is 16.9 Å². The summed E-state index contributed by atoms with van der Waals surface area (Å²) in [7, 11) is 0. The highest BCUT2D eigenvalue weighted by Crippen LogP contribution is 2.44. The normalized spacial score (nSPS) is 13.6. The summed E-state index contributed by atoms with van der Waals surface area (Å²) in [5, 5.41) is 16.1. The van der Waals surface area contributed by atoms with E-state index in [1.807, 2.05) is 50.2 Å². The molecule has 2 amide bonds. The number of nitrogens with one attached hydrogen (secondary N) is 2. The average molecular weight is 490 g/mol. The summed E-state index contributed by atoms with van der Waals surface area (Å²) in [6.45, 7) is 3.96. The number of fused-ring (bicyclic) bond motifs is 3. The predicted octanol–water partition coefficient (Wildman–Crippen LogP) is 5.59. The molecule has 0 fully saturated rings. The summed E-state index contributed by atoms with van der Waals surface area (Å²) >= 11 is 0. The largest absolute Gasteiger partial charge is 0.449 e. The van der Waals surface area contributed by atoms with Gasteiger partial charge in [-0.15, -0.1) is 0 Å². The van der Waals surface area contributed by atoms with E-state index in [0.717, 1.165) is 22.3 Å². The lowest BCUT2D eigenvalue weighted by molar-refractivity contribution is -0.384. The number of benzene rings is 3. The Morgan fingerprint density at radius 3 is 2.03 bits per heavy atom. The van der Waals surface area contributed by atoms with E-state index in [9.17, 15) is 19.7 Å². The van der Waals surface area contributed by atoms with Crippen LogP contribution in [0.5, 0.6) is 5.75 Å². The van der Waals surface area contributed by atoms with Gasteiger partial charge in [-0.05, 0) is 46.7 Å². The number of carbonyl (C=O) groups is 2. The van der Waals surface area contributed by atoms with E-state index in [2.05, 4.69) is 22.8 Å². The lowest BCUT2D eigenvalue weighted by atomic mass is 9.98. The Hall–Kier alpha value is -4.40. The van der Waals surface area contributed by atoms with Crippen LogP contribution in [0.15, 0.2) is 72.8 Å². The molecule has 2 atom stereocenters. The van der Waals surface area contributed by atoms with Gasteiger partial charge in [0.25, 0.3) is 5.69 Å². The van der Waals surface area contributed by atoms with Gasteiger partial charge in [0, 0.05) is 18.1 Å². The van der Waals surface area contributed by atoms with Gasteiger partial charge in [0.2, 0.25) is 0 Å². The molecule has 1 aliphatic rings. The molecule has 0 unspecified atom stereocenters. The summed E-state index contributed by atoms with van der Waals surface area (Å²) in [6, 6.07) is 21.3. The van der Waals surface area contributed by atoms with Crippen LogP contribution in [0.2, 0.25) is 0 Å². The predicted molar refractivity (Wildman–Crippen MR) is 134 cm³/mol. The van der Waals surface area contributed by atoms with E-state index in [1.165, 1.54) is 24.3 Å². The number of carbonyl (C=O) groups excluding carboxylic acids is 2. The molecule has 0 aliphatic heterocycles. The van der Waals surface area contributed by atoms with E-state index in [1.54, 1.807) is 0 Å². The van der Waals surface area contributed by atoms with Gasteiger partial charge in [-0.1, -0.05) is 62.4 Å². The first kappa shape index (κ1) is 24.7. The fraction of sp³-hybridized carbons (Fsp3) is 0.259. The lowest BCUT2D eigenvalue weighted by Crippen LogP contribution is -2.52. The summed E-state index contributed by atoms with van der Waals surface area (Å²) in [5.41, 5.74) is 4.37. The molecule has 0 aromatic heterocycles. The quantitative estimate of drug-likeness (QED) is 0.242. The highest BCUT2D eigenvalue weighted by Gasteiger charge is 2.30. The number of hydrogen-bond acceptors (Lipinski definition) is 6. The molecule has 9 heteroatoms. The molecule has 3 aromatic rings. The molecular weight excluding hydrogens is 462 g/mol. The van der Waals surface area contributed by atoms with Crippen LogP contribution in [-0.2, 0) is 4.74 Å². The van der Waals surface area contributed by atoms with Gasteiger partial charge in [-0.3, -0.25) is 10.1 Å². The van der Waals surface area contributed by atoms with Gasteiger partial charge in [-0.25, -0.2) is 9.59 Å². The van der Waals surface area contributed by atoms with Crippen LogP contribution in [0.25, 0.3) is 11.1 Å². The summed E-state index contributed by atoms with van der Waals surface area (Å²) in [5.74, 6) is -0.0534. The van der Waals surface area contributed by atoms with Gasteiger partial charge in [0.05, 0.1) is 4.92 Å². The van der Waals surface area contributed by atoms with Crippen molar-refractivity contribution in [2.45, 2.75) is 32.4 Å². The van der Waals surface area contributed by atoms with Crippen molar-refractivity contribution in [3.05, 3.63) is 94.0 Å². The Labute approximate surface area is 208 Å². The maximum atomic E-state index is 12.7. The van der Waals surface area contributed by atoms with Crippen LogP contribution in [-0.4, -0.2) is 29.9 Å². The zero-order chi connectivity index (χ0) is 25.7. The van der Waals surface area contributed by atoms with Gasteiger partial charge < -0.3 is 20.1 Å². The van der Waals surface area contributed by atoms with E-state index in [-0.39, 0.29) is 29.9 Å². The van der Waals surface area contributed by atoms with Crippen molar-refractivity contribution < 1.29 is 24.0 Å². The lowest BCUT2D eigenvalue weighted by Gasteiger charge is -2.25. The van der Waals surface area contributed by atoms with E-state index < -0.39 is 23.3 Å². The standard InChI is InChI=1S/C27H27N3O6/c1-3-17(2)25(29-27(32)36-19-14-12-18(13-15-19)30(33)34)28-26(31)35-16-24-22-10-6-4-8-20(22)21-9-5-7-11-23(21)24/h4-15,17,24-25H,3,16H2,1-2H3,(H,28,31)(H,29,32)/t17-,25+/m1/s1. The number of non-ortho nitro benzene ring substituents is 1. The Balaban J connectivity index is 1.37. The zero-order valence-corrected chi connectivity index (χ0v) is 20.0. The fourth-order valence-electron chi connectivity index (χ4n) is 4.22. The third kappa shape index (κ3) is 5.46. The Morgan fingerprint density at radius 1 is 0.917 bits per heavy atom. The van der Waals surface area contributed by atoms with Crippen LogP contribution >= 0.6 is 0 Å². The molecule has 9 nitrogen and oxygen atoms in total. The number of ether oxygens (including phenoxy) is 2. The molecule has 0 heterocycles. The summed E-state index contributed by atoms with van der Waals surface area (Å²) in [4.78, 5) is 35.4. The molecule has 0 saturated carbocycles. The molecule has 3 aromatic carbocycles. The van der Waals surface area contributed by atoms with E-state index >= 15 is 0 Å². The molecule has 1 aliphatic carbocycles. The van der Waals surface area contributed by atoms with Crippen molar-refractivity contribution in [1.29, 1.82) is 0 Å². The summed E-state index contributed by atoms with van der Waals surface area (Å²) in [6.07, 6.45) is -1.52. The van der Waals surface area contributed by atoms with Crippen molar-refractivity contribution in [2.75, 3.05) is 6.61 Å². The number of nitro benzene ring substituents is 1. The first-order valence-electron chi connectivity index (χ1n) is 11.7. The second-order valence-corrected chi connectivity index (χ2v) is 8.62. The molecule has 4 rings (SSSR count). The van der Waals surface area contributed by atoms with Crippen LogP contribution in [0, 0.1) is 16.0 Å². The van der Waals surface area contributed by atoms with Crippen molar-refractivity contribution in [2.24, 2.45) is 5.92 Å². The number of amides is 2. The smallest absolute Gasteiger partial charge is 0.414 e. The molecule has 186 valence electrons. The fourth-order valence-corrected chi connectivity index (χ4v) is 4.22. The highest BCUT2D eigenvalue weighted by atomic mass is 16.6. The minimum Gasteiger partial charge on any atom is -0.449 e. The summed E-state index contributed by atoms with van der Waals surface area (Å²) < 4.78 is 10.8. The van der Waals surface area contributed by atoms with Crippen LogP contribution in [0.3, 0.4) is 0 Å². The van der Waals surface area contributed by atoms with Crippen molar-refractivity contribution >= 4 is 17.9 Å². The Morgan fingerprint density at radius 2 is 1.47 bits per heavy atom. The number of nitro groups is 1. The highest BCUT2D eigenvalue weighted by molar-refractivity contribution is 5.79. The van der Waals surface area contributed by atoms with E-state index in [4.69, 9.17) is 9.47 Å². The monoisotopic (exact) mass is 489 g/mol. The van der Waals surface area contributed by atoms with Gasteiger partial charge in [0.15, 0.2) is 0 Å². The number of nitrogens with zero attached hydrogens (tertiary/aromatic N) is 1.